The van der Waals surface area contributed by atoms with Crippen molar-refractivity contribution in [2.24, 2.45) is 0 Å². The molecule has 0 unspecified atom stereocenters. The van der Waals surface area contributed by atoms with Gasteiger partial charge in [-0.05, 0) is 17.0 Å². The first-order valence-electron chi connectivity index (χ1n) is 4.62. The van der Waals surface area contributed by atoms with E-state index in [4.69, 9.17) is 4.55 Å². The van der Waals surface area contributed by atoms with Crippen molar-refractivity contribution in [1.82, 2.24) is 0 Å². The van der Waals surface area contributed by atoms with Crippen LogP contribution in [0, 0.1) is 0 Å². The van der Waals surface area contributed by atoms with Crippen molar-refractivity contribution in [1.29, 1.82) is 0 Å². The summed E-state index contributed by atoms with van der Waals surface area (Å²) in [4.78, 5) is 0. The third-order valence-electron chi connectivity index (χ3n) is 2.33. The molecule has 0 heterocycles. The predicted molar refractivity (Wildman–Crippen MR) is 60.9 cm³/mol. The number of rotatable bonds is 2. The highest BCUT2D eigenvalue weighted by Crippen LogP contribution is 2.28. The van der Waals surface area contributed by atoms with Crippen LogP contribution >= 0.6 is 0 Å². The van der Waals surface area contributed by atoms with Crippen LogP contribution in [0.3, 0.4) is 0 Å². The summed E-state index contributed by atoms with van der Waals surface area (Å²) in [6.07, 6.45) is 0. The van der Waals surface area contributed by atoms with E-state index in [1.807, 2.05) is 0 Å². The van der Waals surface area contributed by atoms with Gasteiger partial charge in [0.2, 0.25) is 0 Å². The molecule has 2 aromatic carbocycles. The van der Waals surface area contributed by atoms with E-state index in [1.54, 1.807) is 24.3 Å². The molecule has 16 heavy (non-hydrogen) atoms. The summed E-state index contributed by atoms with van der Waals surface area (Å²) in [5.74, 6) is -0.358. The summed E-state index contributed by atoms with van der Waals surface area (Å²) in [5.41, 5.74) is 0.468. The monoisotopic (exact) mass is 238 g/mol. The van der Waals surface area contributed by atoms with E-state index in [-0.39, 0.29) is 5.75 Å². The summed E-state index contributed by atoms with van der Waals surface area (Å²) in [6.45, 7) is 0. The number of hydrogen-bond donors (Lipinski definition) is 2. The van der Waals surface area contributed by atoms with E-state index in [0.717, 1.165) is 0 Å². The van der Waals surface area contributed by atoms with Gasteiger partial charge in [-0.25, -0.2) is 0 Å². The Balaban J connectivity index is 2.68. The lowest BCUT2D eigenvalue weighted by Gasteiger charge is -2.06. The first kappa shape index (κ1) is 10.9. The van der Waals surface area contributed by atoms with Crippen LogP contribution in [-0.4, -0.2) is 18.1 Å². The molecule has 0 spiro atoms. The van der Waals surface area contributed by atoms with Gasteiger partial charge < -0.3 is 5.11 Å². The van der Waals surface area contributed by atoms with Crippen molar-refractivity contribution in [2.75, 3.05) is 0 Å². The maximum atomic E-state index is 10.8. The molecule has 0 saturated heterocycles. The summed E-state index contributed by atoms with van der Waals surface area (Å²) >= 11 is 0. The minimum atomic E-state index is -4.06. The predicted octanol–water partition coefficient (Wildman–Crippen LogP) is 1.93. The maximum Gasteiger partial charge on any atom is 0.269 e. The fourth-order valence-electron chi connectivity index (χ4n) is 1.67. The molecule has 2 N–H and O–H groups in total. The molecule has 4 nitrogen and oxygen atoms in total. The number of hydrogen-bond acceptors (Lipinski definition) is 3. The van der Waals surface area contributed by atoms with Crippen molar-refractivity contribution < 1.29 is 18.1 Å². The van der Waals surface area contributed by atoms with Gasteiger partial charge in [-0.2, -0.15) is 8.42 Å². The van der Waals surface area contributed by atoms with Gasteiger partial charge in [0.05, 0.1) is 0 Å². The SMILES string of the molecule is O=S(=O)(O)Cc1ccc(O)c2ccccc12. The third kappa shape index (κ3) is 2.15. The van der Waals surface area contributed by atoms with Gasteiger partial charge in [0.15, 0.2) is 0 Å². The van der Waals surface area contributed by atoms with Crippen LogP contribution in [0.4, 0.5) is 0 Å². The van der Waals surface area contributed by atoms with Gasteiger partial charge in [-0.3, -0.25) is 4.55 Å². The Morgan fingerprint density at radius 3 is 2.25 bits per heavy atom. The second-order valence-electron chi connectivity index (χ2n) is 3.52. The Morgan fingerprint density at radius 1 is 1.00 bits per heavy atom. The number of benzene rings is 2. The van der Waals surface area contributed by atoms with Crippen LogP contribution in [0.15, 0.2) is 36.4 Å². The van der Waals surface area contributed by atoms with E-state index in [2.05, 4.69) is 0 Å². The van der Waals surface area contributed by atoms with Crippen LogP contribution < -0.4 is 0 Å². The number of phenols is 1. The Morgan fingerprint density at radius 2 is 1.62 bits per heavy atom. The highest BCUT2D eigenvalue weighted by atomic mass is 32.2. The molecule has 0 atom stereocenters. The van der Waals surface area contributed by atoms with Crippen LogP contribution in [-0.2, 0) is 15.9 Å². The molecule has 0 aliphatic rings. The lowest BCUT2D eigenvalue weighted by molar-refractivity contribution is 0.479. The van der Waals surface area contributed by atoms with Crippen LogP contribution in [0.2, 0.25) is 0 Å². The van der Waals surface area contributed by atoms with Crippen LogP contribution in [0.25, 0.3) is 10.8 Å². The normalized spacial score (nSPS) is 11.8. The molecule has 0 saturated carbocycles. The molecule has 0 aliphatic carbocycles. The molecule has 0 aliphatic heterocycles. The molecule has 0 bridgehead atoms. The van der Waals surface area contributed by atoms with E-state index in [9.17, 15) is 13.5 Å². The van der Waals surface area contributed by atoms with Crippen LogP contribution in [0.5, 0.6) is 5.75 Å². The maximum absolute atomic E-state index is 10.8. The van der Waals surface area contributed by atoms with Crippen LogP contribution in [0.1, 0.15) is 5.56 Å². The van der Waals surface area contributed by atoms with Crippen molar-refractivity contribution >= 4 is 20.9 Å². The zero-order valence-corrected chi connectivity index (χ0v) is 9.11. The fourth-order valence-corrected chi connectivity index (χ4v) is 2.31. The summed E-state index contributed by atoms with van der Waals surface area (Å²) in [6, 6.07) is 9.80. The molecular weight excluding hydrogens is 228 g/mol. The van der Waals surface area contributed by atoms with E-state index in [0.29, 0.717) is 16.3 Å². The second-order valence-corrected chi connectivity index (χ2v) is 4.97. The third-order valence-corrected chi connectivity index (χ3v) is 3.01. The Kier molecular flexibility index (Phi) is 2.57. The number of fused-ring (bicyclic) bond motifs is 1. The van der Waals surface area contributed by atoms with E-state index < -0.39 is 15.9 Å². The summed E-state index contributed by atoms with van der Waals surface area (Å²) in [7, 11) is -4.06. The zero-order valence-electron chi connectivity index (χ0n) is 8.29. The Hall–Kier alpha value is -1.59. The van der Waals surface area contributed by atoms with Gasteiger partial charge in [0, 0.05) is 5.39 Å². The van der Waals surface area contributed by atoms with Crippen molar-refractivity contribution in [2.45, 2.75) is 5.75 Å². The minimum Gasteiger partial charge on any atom is -0.507 e. The van der Waals surface area contributed by atoms with E-state index >= 15 is 0 Å². The molecule has 0 aromatic heterocycles. The molecular formula is C11H10O4S. The lowest BCUT2D eigenvalue weighted by Crippen LogP contribution is -2.02. The van der Waals surface area contributed by atoms with Gasteiger partial charge >= 0.3 is 0 Å². The first-order chi connectivity index (χ1) is 7.47. The lowest BCUT2D eigenvalue weighted by atomic mass is 10.1. The minimum absolute atomic E-state index is 0.0923. The fraction of sp³-hybridized carbons (Fsp3) is 0.0909. The molecule has 0 radical (unpaired) electrons. The summed E-state index contributed by atoms with van der Waals surface area (Å²) < 4.78 is 30.5. The highest BCUT2D eigenvalue weighted by Gasteiger charge is 2.11. The first-order valence-corrected chi connectivity index (χ1v) is 6.23. The molecule has 84 valence electrons. The van der Waals surface area contributed by atoms with Gasteiger partial charge in [0.1, 0.15) is 11.5 Å². The summed E-state index contributed by atoms with van der Waals surface area (Å²) in [5, 5.41) is 10.8. The molecule has 0 fully saturated rings. The molecule has 0 amide bonds. The highest BCUT2D eigenvalue weighted by molar-refractivity contribution is 7.85. The quantitative estimate of drug-likeness (QED) is 0.784. The second kappa shape index (κ2) is 3.77. The molecule has 5 heteroatoms. The van der Waals surface area contributed by atoms with Crippen molar-refractivity contribution in [3.05, 3.63) is 42.0 Å². The van der Waals surface area contributed by atoms with Gasteiger partial charge in [-0.1, -0.05) is 30.3 Å². The van der Waals surface area contributed by atoms with Gasteiger partial charge in [0.25, 0.3) is 10.1 Å². The van der Waals surface area contributed by atoms with Gasteiger partial charge in [-0.15, -0.1) is 0 Å². The van der Waals surface area contributed by atoms with E-state index in [1.165, 1.54) is 12.1 Å². The topological polar surface area (TPSA) is 74.6 Å². The number of phenolic OH excluding ortho intramolecular Hbond substituents is 1. The largest absolute Gasteiger partial charge is 0.507 e. The van der Waals surface area contributed by atoms with Crippen molar-refractivity contribution in [3.8, 4) is 5.75 Å². The zero-order chi connectivity index (χ0) is 11.8. The standard InChI is InChI=1S/C11H10O4S/c12-11-6-5-8(7-16(13,14)15)9-3-1-2-4-10(9)11/h1-6,12H,7H2,(H,13,14,15). The number of aromatic hydroxyl groups is 1. The molecule has 2 aromatic rings. The average Bonchev–Trinajstić information content (AvgIpc) is 2.21. The van der Waals surface area contributed by atoms with Crippen molar-refractivity contribution in [3.63, 3.8) is 0 Å². The molecule has 2 rings (SSSR count). The smallest absolute Gasteiger partial charge is 0.269 e. The Bertz CT molecular complexity index is 631. The Labute approximate surface area is 92.9 Å². The average molecular weight is 238 g/mol.